The number of rotatable bonds is 7. The lowest BCUT2D eigenvalue weighted by Gasteiger charge is -2.33. The van der Waals surface area contributed by atoms with Crippen LogP contribution in [-0.2, 0) is 6.42 Å². The topological polar surface area (TPSA) is 9.23 Å². The molecule has 0 saturated heterocycles. The molecule has 1 aromatic carbocycles. The fourth-order valence-corrected chi connectivity index (χ4v) is 3.36. The molecule has 0 spiro atoms. The quantitative estimate of drug-likeness (QED) is 0.388. The van der Waals surface area contributed by atoms with Crippen molar-refractivity contribution in [3.05, 3.63) is 53.1 Å². The molecule has 1 aliphatic carbocycles. The lowest BCUT2D eigenvalue weighted by atomic mass is 9.90. The molecule has 0 heterocycles. The Labute approximate surface area is 146 Å². The average molecular weight is 417 g/mol. The minimum absolute atomic E-state index is 0.290. The van der Waals surface area contributed by atoms with Crippen LogP contribution in [0.4, 0.5) is 0 Å². The Morgan fingerprint density at radius 3 is 2.95 bits per heavy atom. The number of halogens is 2. The van der Waals surface area contributed by atoms with Crippen molar-refractivity contribution in [2.75, 3.05) is 4.43 Å². The zero-order chi connectivity index (χ0) is 15.1. The molecule has 0 amide bonds. The van der Waals surface area contributed by atoms with Crippen LogP contribution < -0.4 is 4.74 Å². The highest BCUT2D eigenvalue weighted by Crippen LogP contribution is 2.34. The molecule has 0 aliphatic heterocycles. The minimum Gasteiger partial charge on any atom is -0.483 e. The molecule has 1 aliphatic rings. The van der Waals surface area contributed by atoms with Gasteiger partial charge in [-0.05, 0) is 53.5 Å². The Morgan fingerprint density at radius 2 is 2.24 bits per heavy atom. The SMILES string of the molecule is CCCc1cccc(OC2(CCCI)C=CC=C(Cl)C2)c1. The molecule has 0 aromatic heterocycles. The smallest absolute Gasteiger partial charge is 0.132 e. The van der Waals surface area contributed by atoms with Gasteiger partial charge >= 0.3 is 0 Å². The molecule has 0 N–H and O–H groups in total. The van der Waals surface area contributed by atoms with Crippen molar-refractivity contribution in [3.63, 3.8) is 0 Å². The zero-order valence-electron chi connectivity index (χ0n) is 12.4. The predicted octanol–water partition coefficient (Wildman–Crippen LogP) is 6.05. The van der Waals surface area contributed by atoms with Gasteiger partial charge in [0.25, 0.3) is 0 Å². The first-order valence-corrected chi connectivity index (χ1v) is 9.45. The number of benzene rings is 1. The van der Waals surface area contributed by atoms with E-state index in [2.05, 4.69) is 53.8 Å². The maximum Gasteiger partial charge on any atom is 0.132 e. The number of hydrogen-bond donors (Lipinski definition) is 0. The summed E-state index contributed by atoms with van der Waals surface area (Å²) in [4.78, 5) is 0. The molecule has 2 rings (SSSR count). The van der Waals surface area contributed by atoms with E-state index < -0.39 is 0 Å². The van der Waals surface area contributed by atoms with E-state index in [-0.39, 0.29) is 5.60 Å². The van der Waals surface area contributed by atoms with Gasteiger partial charge in [-0.1, -0.05) is 65.7 Å². The normalized spacial score (nSPS) is 21.2. The minimum atomic E-state index is -0.290. The third-order valence-electron chi connectivity index (χ3n) is 3.64. The van der Waals surface area contributed by atoms with Crippen LogP contribution in [0, 0.1) is 0 Å². The van der Waals surface area contributed by atoms with E-state index >= 15 is 0 Å². The van der Waals surface area contributed by atoms with Crippen LogP contribution in [0.25, 0.3) is 0 Å². The number of hydrogen-bond acceptors (Lipinski definition) is 1. The van der Waals surface area contributed by atoms with Crippen LogP contribution in [0.1, 0.15) is 38.2 Å². The van der Waals surface area contributed by atoms with Gasteiger partial charge < -0.3 is 4.74 Å². The number of alkyl halides is 1. The Kier molecular flexibility index (Phi) is 6.62. The first-order chi connectivity index (χ1) is 10.2. The van der Waals surface area contributed by atoms with Gasteiger partial charge in [0.15, 0.2) is 0 Å². The first kappa shape index (κ1) is 16.9. The number of ether oxygens (including phenoxy) is 1. The van der Waals surface area contributed by atoms with Crippen molar-refractivity contribution in [2.45, 2.75) is 44.6 Å². The number of allylic oxidation sites excluding steroid dienone is 2. The van der Waals surface area contributed by atoms with Crippen molar-refractivity contribution in [1.29, 1.82) is 0 Å². The Balaban J connectivity index is 2.17. The van der Waals surface area contributed by atoms with E-state index in [0.717, 1.165) is 47.3 Å². The van der Waals surface area contributed by atoms with Crippen LogP contribution in [0.5, 0.6) is 5.75 Å². The fraction of sp³-hybridized carbons (Fsp3) is 0.444. The van der Waals surface area contributed by atoms with Gasteiger partial charge in [0, 0.05) is 11.5 Å². The van der Waals surface area contributed by atoms with Gasteiger partial charge in [0.1, 0.15) is 11.4 Å². The molecule has 1 aromatic rings. The van der Waals surface area contributed by atoms with Crippen LogP contribution in [0.3, 0.4) is 0 Å². The zero-order valence-corrected chi connectivity index (χ0v) is 15.4. The average Bonchev–Trinajstić information content (AvgIpc) is 2.46. The van der Waals surface area contributed by atoms with E-state index in [1.807, 2.05) is 18.2 Å². The van der Waals surface area contributed by atoms with E-state index in [1.54, 1.807) is 0 Å². The highest BCUT2D eigenvalue weighted by molar-refractivity contribution is 14.1. The molecule has 0 fully saturated rings. The number of aryl methyl sites for hydroxylation is 1. The van der Waals surface area contributed by atoms with Gasteiger partial charge in [-0.3, -0.25) is 0 Å². The van der Waals surface area contributed by atoms with Crippen LogP contribution >= 0.6 is 34.2 Å². The van der Waals surface area contributed by atoms with Crippen LogP contribution in [0.2, 0.25) is 0 Å². The van der Waals surface area contributed by atoms with Crippen molar-refractivity contribution < 1.29 is 4.74 Å². The van der Waals surface area contributed by atoms with Crippen LogP contribution in [-0.4, -0.2) is 10.0 Å². The third kappa shape index (κ3) is 5.03. The van der Waals surface area contributed by atoms with Gasteiger partial charge in [0.05, 0.1) is 0 Å². The highest BCUT2D eigenvalue weighted by atomic mass is 127. The second-order valence-electron chi connectivity index (χ2n) is 5.51. The van der Waals surface area contributed by atoms with E-state index in [4.69, 9.17) is 16.3 Å². The molecule has 21 heavy (non-hydrogen) atoms. The first-order valence-electron chi connectivity index (χ1n) is 7.55. The van der Waals surface area contributed by atoms with Gasteiger partial charge in [0.2, 0.25) is 0 Å². The molecule has 3 heteroatoms. The van der Waals surface area contributed by atoms with Gasteiger partial charge in [-0.15, -0.1) is 0 Å². The Bertz CT molecular complexity index is 524. The lowest BCUT2D eigenvalue weighted by Crippen LogP contribution is -2.35. The molecule has 0 bridgehead atoms. The third-order valence-corrected chi connectivity index (χ3v) is 4.66. The van der Waals surface area contributed by atoms with E-state index in [9.17, 15) is 0 Å². The molecule has 114 valence electrons. The predicted molar refractivity (Wildman–Crippen MR) is 99.6 cm³/mol. The summed E-state index contributed by atoms with van der Waals surface area (Å²) in [6.07, 6.45) is 11.3. The summed E-state index contributed by atoms with van der Waals surface area (Å²) in [6, 6.07) is 8.45. The Morgan fingerprint density at radius 1 is 1.38 bits per heavy atom. The maximum atomic E-state index is 6.39. The summed E-state index contributed by atoms with van der Waals surface area (Å²) in [5.41, 5.74) is 1.04. The molecule has 1 atom stereocenters. The highest BCUT2D eigenvalue weighted by Gasteiger charge is 2.31. The molecule has 1 unspecified atom stereocenters. The van der Waals surface area contributed by atoms with Crippen molar-refractivity contribution in [2.24, 2.45) is 0 Å². The summed E-state index contributed by atoms with van der Waals surface area (Å²) in [5.74, 6) is 0.949. The summed E-state index contributed by atoms with van der Waals surface area (Å²) in [6.45, 7) is 2.20. The monoisotopic (exact) mass is 416 g/mol. The van der Waals surface area contributed by atoms with Crippen molar-refractivity contribution in [1.82, 2.24) is 0 Å². The second-order valence-corrected chi connectivity index (χ2v) is 7.07. The second kappa shape index (κ2) is 8.23. The molecule has 1 nitrogen and oxygen atoms in total. The molecular weight excluding hydrogens is 395 g/mol. The molecular formula is C18H22ClIO. The van der Waals surface area contributed by atoms with Crippen LogP contribution in [0.15, 0.2) is 47.5 Å². The fourth-order valence-electron chi connectivity index (χ4n) is 2.68. The summed E-state index contributed by atoms with van der Waals surface area (Å²) >= 11 is 8.67. The summed E-state index contributed by atoms with van der Waals surface area (Å²) in [5, 5.41) is 0.871. The molecule has 0 saturated carbocycles. The van der Waals surface area contributed by atoms with Gasteiger partial charge in [-0.25, -0.2) is 0 Å². The van der Waals surface area contributed by atoms with E-state index in [0.29, 0.717) is 0 Å². The largest absolute Gasteiger partial charge is 0.483 e. The standard InChI is InChI=1S/C18H22ClIO/c1-2-6-15-7-3-9-17(13-15)21-18(11-5-12-20)10-4-8-16(19)14-18/h3-4,7-10,13H,2,5-6,11-12,14H2,1H3. The van der Waals surface area contributed by atoms with Gasteiger partial charge in [-0.2, -0.15) is 0 Å². The lowest BCUT2D eigenvalue weighted by molar-refractivity contribution is 0.110. The van der Waals surface area contributed by atoms with Crippen molar-refractivity contribution in [3.8, 4) is 5.75 Å². The Hall–Kier alpha value is -0.480. The van der Waals surface area contributed by atoms with Crippen molar-refractivity contribution >= 4 is 34.2 Å². The summed E-state index contributed by atoms with van der Waals surface area (Å²) < 4.78 is 7.52. The summed E-state index contributed by atoms with van der Waals surface area (Å²) in [7, 11) is 0. The maximum absolute atomic E-state index is 6.39. The molecule has 0 radical (unpaired) electrons. The van der Waals surface area contributed by atoms with E-state index in [1.165, 1.54) is 5.56 Å².